The van der Waals surface area contributed by atoms with Gasteiger partial charge < -0.3 is 0 Å². The molecule has 0 N–H and O–H groups in total. The second-order valence-corrected chi connectivity index (χ2v) is 5.80. The molecule has 0 heterocycles. The molecule has 3 rings (SSSR count). The summed E-state index contributed by atoms with van der Waals surface area (Å²) < 4.78 is 0. The molecule has 0 unspecified atom stereocenters. The number of carbonyl (C=O) groups is 2. The summed E-state index contributed by atoms with van der Waals surface area (Å²) in [6.07, 6.45) is 0. The molecule has 3 nitrogen and oxygen atoms in total. The molecule has 3 heteroatoms. The Kier molecular flexibility index (Phi) is 5.05. The molecule has 3 aromatic carbocycles. The maximum Gasteiger partial charge on any atom is 0.261 e. The minimum atomic E-state index is -0.374. The van der Waals surface area contributed by atoms with Gasteiger partial charge in [0.15, 0.2) is 0 Å². The van der Waals surface area contributed by atoms with Crippen LogP contribution in [0.15, 0.2) is 91.0 Å². The molecule has 124 valence electrons. The molecule has 25 heavy (non-hydrogen) atoms. The summed E-state index contributed by atoms with van der Waals surface area (Å²) in [5.41, 5.74) is 1.90. The van der Waals surface area contributed by atoms with Gasteiger partial charge in [-0.15, -0.1) is 0 Å². The number of benzene rings is 3. The Bertz CT molecular complexity index is 793. The van der Waals surface area contributed by atoms with Crippen molar-refractivity contribution in [1.82, 2.24) is 4.90 Å². The normalized spacial score (nSPS) is 11.6. The van der Waals surface area contributed by atoms with Crippen molar-refractivity contribution in [3.8, 4) is 0 Å². The van der Waals surface area contributed by atoms with Crippen LogP contribution in [0.4, 0.5) is 0 Å². The van der Waals surface area contributed by atoms with E-state index in [0.29, 0.717) is 11.1 Å². The Morgan fingerprint density at radius 3 is 1.40 bits per heavy atom. The van der Waals surface area contributed by atoms with Crippen LogP contribution >= 0.6 is 0 Å². The number of imide groups is 1. The summed E-state index contributed by atoms with van der Waals surface area (Å²) in [6, 6.07) is 27.0. The largest absolute Gasteiger partial charge is 0.269 e. The van der Waals surface area contributed by atoms with Crippen LogP contribution in [-0.2, 0) is 0 Å². The second-order valence-electron chi connectivity index (χ2n) is 5.80. The number of amides is 2. The average molecular weight is 329 g/mol. The molecular formula is C22H19NO2. The lowest BCUT2D eigenvalue weighted by atomic mass is 10.0. The van der Waals surface area contributed by atoms with Gasteiger partial charge in [0.1, 0.15) is 0 Å². The maximum atomic E-state index is 13.1. The second kappa shape index (κ2) is 7.58. The van der Waals surface area contributed by atoms with Crippen LogP contribution in [0.1, 0.15) is 39.2 Å². The van der Waals surface area contributed by atoms with Gasteiger partial charge in [-0.1, -0.05) is 66.7 Å². The van der Waals surface area contributed by atoms with Crippen LogP contribution in [0.25, 0.3) is 0 Å². The Morgan fingerprint density at radius 1 is 0.640 bits per heavy atom. The van der Waals surface area contributed by atoms with Crippen LogP contribution in [0, 0.1) is 0 Å². The molecule has 1 atom stereocenters. The summed E-state index contributed by atoms with van der Waals surface area (Å²) in [5, 5.41) is 0. The summed E-state index contributed by atoms with van der Waals surface area (Å²) >= 11 is 0. The first-order chi connectivity index (χ1) is 12.2. The summed E-state index contributed by atoms with van der Waals surface area (Å²) in [5.74, 6) is -0.600. The van der Waals surface area contributed by atoms with Gasteiger partial charge in [-0.3, -0.25) is 14.5 Å². The van der Waals surface area contributed by atoms with Gasteiger partial charge in [0, 0.05) is 11.1 Å². The number of nitrogens with zero attached hydrogens (tertiary/aromatic N) is 1. The zero-order chi connectivity index (χ0) is 17.6. The zero-order valence-electron chi connectivity index (χ0n) is 14.0. The van der Waals surface area contributed by atoms with Crippen LogP contribution in [-0.4, -0.2) is 16.7 Å². The van der Waals surface area contributed by atoms with Crippen molar-refractivity contribution in [2.24, 2.45) is 0 Å². The van der Waals surface area contributed by atoms with Gasteiger partial charge in [0.25, 0.3) is 11.8 Å². The molecular weight excluding hydrogens is 310 g/mol. The van der Waals surface area contributed by atoms with Crippen molar-refractivity contribution in [1.29, 1.82) is 0 Å². The van der Waals surface area contributed by atoms with E-state index in [4.69, 9.17) is 0 Å². The number of hydrogen-bond acceptors (Lipinski definition) is 2. The van der Waals surface area contributed by atoms with Crippen molar-refractivity contribution in [3.05, 3.63) is 108 Å². The molecule has 0 saturated carbocycles. The molecule has 0 spiro atoms. The topological polar surface area (TPSA) is 37.4 Å². The summed E-state index contributed by atoms with van der Waals surface area (Å²) in [4.78, 5) is 27.5. The van der Waals surface area contributed by atoms with E-state index in [2.05, 4.69) is 0 Å². The highest BCUT2D eigenvalue weighted by Crippen LogP contribution is 2.24. The van der Waals surface area contributed by atoms with Crippen LogP contribution in [0.2, 0.25) is 0 Å². The Balaban J connectivity index is 2.02. The van der Waals surface area contributed by atoms with E-state index in [-0.39, 0.29) is 17.9 Å². The lowest BCUT2D eigenvalue weighted by molar-refractivity contribution is 0.0555. The van der Waals surface area contributed by atoms with Crippen molar-refractivity contribution < 1.29 is 9.59 Å². The molecule has 0 aromatic heterocycles. The Hall–Kier alpha value is -3.20. The van der Waals surface area contributed by atoms with E-state index >= 15 is 0 Å². The first-order valence-electron chi connectivity index (χ1n) is 8.21. The summed E-state index contributed by atoms with van der Waals surface area (Å²) in [6.45, 7) is 1.87. The molecule has 0 bridgehead atoms. The van der Waals surface area contributed by atoms with Crippen LogP contribution in [0.3, 0.4) is 0 Å². The smallest absolute Gasteiger partial charge is 0.261 e. The van der Waals surface area contributed by atoms with Crippen molar-refractivity contribution in [3.63, 3.8) is 0 Å². The molecule has 0 fully saturated rings. The highest BCUT2D eigenvalue weighted by atomic mass is 16.2. The average Bonchev–Trinajstić information content (AvgIpc) is 2.70. The molecule has 0 aliphatic heterocycles. The van der Waals surface area contributed by atoms with E-state index in [1.807, 2.05) is 49.4 Å². The predicted molar refractivity (Wildman–Crippen MR) is 98.2 cm³/mol. The molecule has 0 radical (unpaired) electrons. The monoisotopic (exact) mass is 329 g/mol. The van der Waals surface area contributed by atoms with E-state index < -0.39 is 0 Å². The van der Waals surface area contributed by atoms with Gasteiger partial charge in [-0.2, -0.15) is 0 Å². The van der Waals surface area contributed by atoms with Gasteiger partial charge in [-0.25, -0.2) is 0 Å². The third-order valence-corrected chi connectivity index (χ3v) is 4.15. The zero-order valence-corrected chi connectivity index (χ0v) is 14.0. The highest BCUT2D eigenvalue weighted by Gasteiger charge is 2.29. The predicted octanol–water partition coefficient (Wildman–Crippen LogP) is 4.73. The van der Waals surface area contributed by atoms with E-state index in [9.17, 15) is 9.59 Å². The lowest BCUT2D eigenvalue weighted by Crippen LogP contribution is -2.39. The SMILES string of the molecule is C[C@@H](c1ccccc1)N(C(=O)c1ccccc1)C(=O)c1ccccc1. The van der Waals surface area contributed by atoms with Crippen molar-refractivity contribution >= 4 is 11.8 Å². The molecule has 2 amide bonds. The fraction of sp³-hybridized carbons (Fsp3) is 0.0909. The maximum absolute atomic E-state index is 13.1. The number of rotatable bonds is 4. The third kappa shape index (κ3) is 3.66. The quantitative estimate of drug-likeness (QED) is 0.649. The molecule has 0 aliphatic rings. The first kappa shape index (κ1) is 16.7. The standard InChI is InChI=1S/C22H19NO2/c1-17(18-11-5-2-6-12-18)23(21(24)19-13-7-3-8-14-19)22(25)20-15-9-4-10-16-20/h2-17H,1H3/t17-/m0/s1. The van der Waals surface area contributed by atoms with Gasteiger partial charge in [0.2, 0.25) is 0 Å². The molecule has 3 aromatic rings. The molecule has 0 saturated heterocycles. The minimum Gasteiger partial charge on any atom is -0.269 e. The van der Waals surface area contributed by atoms with Gasteiger partial charge in [-0.05, 0) is 36.8 Å². The highest BCUT2D eigenvalue weighted by molar-refractivity contribution is 6.10. The van der Waals surface area contributed by atoms with Crippen LogP contribution < -0.4 is 0 Å². The fourth-order valence-corrected chi connectivity index (χ4v) is 2.76. The van der Waals surface area contributed by atoms with Gasteiger partial charge in [0.05, 0.1) is 6.04 Å². The first-order valence-corrected chi connectivity index (χ1v) is 8.21. The van der Waals surface area contributed by atoms with Gasteiger partial charge >= 0.3 is 0 Å². The van der Waals surface area contributed by atoms with Crippen LogP contribution in [0.5, 0.6) is 0 Å². The van der Waals surface area contributed by atoms with E-state index in [1.165, 1.54) is 4.90 Å². The van der Waals surface area contributed by atoms with E-state index in [0.717, 1.165) is 5.56 Å². The fourth-order valence-electron chi connectivity index (χ4n) is 2.76. The number of carbonyl (C=O) groups excluding carboxylic acids is 2. The Morgan fingerprint density at radius 2 is 1.00 bits per heavy atom. The molecule has 0 aliphatic carbocycles. The minimum absolute atomic E-state index is 0.300. The van der Waals surface area contributed by atoms with Crippen molar-refractivity contribution in [2.75, 3.05) is 0 Å². The number of hydrogen-bond donors (Lipinski definition) is 0. The summed E-state index contributed by atoms with van der Waals surface area (Å²) in [7, 11) is 0. The van der Waals surface area contributed by atoms with E-state index in [1.54, 1.807) is 48.5 Å². The third-order valence-electron chi connectivity index (χ3n) is 4.15. The lowest BCUT2D eigenvalue weighted by Gasteiger charge is -2.28. The Labute approximate surface area is 147 Å². The van der Waals surface area contributed by atoms with Crippen molar-refractivity contribution in [2.45, 2.75) is 13.0 Å².